The molecule has 2 amide bonds. The Balaban J connectivity index is 1.52. The summed E-state index contributed by atoms with van der Waals surface area (Å²) in [6.45, 7) is 4.44. The lowest BCUT2D eigenvalue weighted by molar-refractivity contribution is -0.137. The van der Waals surface area contributed by atoms with Crippen LogP contribution in [-0.2, 0) is 9.59 Å². The predicted octanol–water partition coefficient (Wildman–Crippen LogP) is 1.93. The van der Waals surface area contributed by atoms with E-state index in [1.807, 2.05) is 36.1 Å². The molecule has 2 fully saturated rings. The zero-order valence-electron chi connectivity index (χ0n) is 14.9. The third-order valence-corrected chi connectivity index (χ3v) is 4.89. The van der Waals surface area contributed by atoms with Crippen molar-refractivity contribution in [3.63, 3.8) is 0 Å². The van der Waals surface area contributed by atoms with Gasteiger partial charge in [0.05, 0.1) is 12.5 Å². The molecule has 2 aliphatic heterocycles. The Morgan fingerprint density at radius 1 is 1.20 bits per heavy atom. The van der Waals surface area contributed by atoms with E-state index >= 15 is 0 Å². The number of piperidine rings is 1. The van der Waals surface area contributed by atoms with Crippen LogP contribution in [0.5, 0.6) is 11.5 Å². The molecule has 0 N–H and O–H groups in total. The fraction of sp³-hybridized carbons (Fsp3) is 0.579. The summed E-state index contributed by atoms with van der Waals surface area (Å²) in [5.41, 5.74) is 0. The smallest absolute Gasteiger partial charge is 0.227 e. The van der Waals surface area contributed by atoms with Gasteiger partial charge in [-0.25, -0.2) is 0 Å². The summed E-state index contributed by atoms with van der Waals surface area (Å²) in [6.07, 6.45) is 2.01. The van der Waals surface area contributed by atoms with Crippen LogP contribution in [0.2, 0.25) is 0 Å². The van der Waals surface area contributed by atoms with E-state index in [-0.39, 0.29) is 23.8 Å². The molecule has 0 saturated carbocycles. The summed E-state index contributed by atoms with van der Waals surface area (Å²) >= 11 is 0. The third kappa shape index (κ3) is 4.06. The van der Waals surface area contributed by atoms with Crippen LogP contribution in [0.3, 0.4) is 0 Å². The third-order valence-electron chi connectivity index (χ3n) is 4.89. The molecule has 25 heavy (non-hydrogen) atoms. The van der Waals surface area contributed by atoms with Crippen molar-refractivity contribution >= 4 is 11.8 Å². The Bertz CT molecular complexity index is 626. The van der Waals surface area contributed by atoms with Crippen molar-refractivity contribution in [1.82, 2.24) is 9.80 Å². The number of likely N-dealkylation sites (tertiary alicyclic amines) is 2. The molecule has 2 saturated heterocycles. The van der Waals surface area contributed by atoms with Crippen molar-refractivity contribution in [2.24, 2.45) is 5.92 Å². The first kappa shape index (κ1) is 17.6. The van der Waals surface area contributed by atoms with Crippen LogP contribution in [0.1, 0.15) is 26.2 Å². The van der Waals surface area contributed by atoms with Crippen LogP contribution < -0.4 is 9.47 Å². The molecule has 0 bridgehead atoms. The standard InChI is InChI=1S/C19H26N2O4/c1-3-24-16-6-4-5-7-17(16)25-15-8-10-21(11-9-15)19(23)14-12-18(22)20(2)13-14/h4-7,14-15H,3,8-13H2,1-2H3/t14-/m0/s1. The molecule has 6 nitrogen and oxygen atoms in total. The second-order valence-corrected chi connectivity index (χ2v) is 6.70. The number of nitrogens with zero attached hydrogens (tertiary/aromatic N) is 2. The van der Waals surface area contributed by atoms with Gasteiger partial charge in [0.2, 0.25) is 11.8 Å². The number of amides is 2. The van der Waals surface area contributed by atoms with E-state index in [4.69, 9.17) is 9.47 Å². The molecule has 1 aromatic rings. The molecule has 0 radical (unpaired) electrons. The van der Waals surface area contributed by atoms with Gasteiger partial charge in [-0.3, -0.25) is 9.59 Å². The van der Waals surface area contributed by atoms with Gasteiger partial charge in [0.25, 0.3) is 0 Å². The largest absolute Gasteiger partial charge is 0.490 e. The average molecular weight is 346 g/mol. The molecule has 2 heterocycles. The van der Waals surface area contributed by atoms with Crippen LogP contribution in [0.4, 0.5) is 0 Å². The summed E-state index contributed by atoms with van der Waals surface area (Å²) in [5.74, 6) is 1.50. The first-order valence-corrected chi connectivity index (χ1v) is 8.99. The molecule has 1 aromatic carbocycles. The van der Waals surface area contributed by atoms with Crippen molar-refractivity contribution < 1.29 is 19.1 Å². The number of hydrogen-bond acceptors (Lipinski definition) is 4. The minimum absolute atomic E-state index is 0.0594. The van der Waals surface area contributed by atoms with Crippen molar-refractivity contribution in [1.29, 1.82) is 0 Å². The topological polar surface area (TPSA) is 59.1 Å². The van der Waals surface area contributed by atoms with Gasteiger partial charge in [-0.2, -0.15) is 0 Å². The maximum Gasteiger partial charge on any atom is 0.227 e. The Kier molecular flexibility index (Phi) is 5.46. The minimum Gasteiger partial charge on any atom is -0.490 e. The molecule has 136 valence electrons. The molecule has 0 spiro atoms. The van der Waals surface area contributed by atoms with Crippen LogP contribution in [-0.4, -0.2) is 61.0 Å². The van der Waals surface area contributed by atoms with Crippen molar-refractivity contribution in [2.75, 3.05) is 33.3 Å². The fourth-order valence-electron chi connectivity index (χ4n) is 3.48. The fourth-order valence-corrected chi connectivity index (χ4v) is 3.48. The number of rotatable bonds is 5. The normalized spacial score (nSPS) is 21.5. The number of carbonyl (C=O) groups is 2. The first-order chi connectivity index (χ1) is 12.1. The quantitative estimate of drug-likeness (QED) is 0.817. The van der Waals surface area contributed by atoms with Crippen molar-refractivity contribution in [2.45, 2.75) is 32.3 Å². The van der Waals surface area contributed by atoms with E-state index < -0.39 is 0 Å². The maximum atomic E-state index is 12.6. The highest BCUT2D eigenvalue weighted by Gasteiger charge is 2.36. The Morgan fingerprint density at radius 3 is 2.48 bits per heavy atom. The highest BCUT2D eigenvalue weighted by molar-refractivity contribution is 5.89. The van der Waals surface area contributed by atoms with Gasteiger partial charge in [0.15, 0.2) is 11.5 Å². The van der Waals surface area contributed by atoms with Gasteiger partial charge in [0.1, 0.15) is 6.10 Å². The van der Waals surface area contributed by atoms with Gasteiger partial charge < -0.3 is 19.3 Å². The molecular formula is C19H26N2O4. The van der Waals surface area contributed by atoms with E-state index in [0.29, 0.717) is 32.7 Å². The van der Waals surface area contributed by atoms with E-state index in [1.165, 1.54) is 0 Å². The number of carbonyl (C=O) groups excluding carboxylic acids is 2. The summed E-state index contributed by atoms with van der Waals surface area (Å²) in [7, 11) is 1.76. The lowest BCUT2D eigenvalue weighted by Gasteiger charge is -2.33. The van der Waals surface area contributed by atoms with Crippen LogP contribution in [0.15, 0.2) is 24.3 Å². The average Bonchev–Trinajstić information content (AvgIpc) is 2.96. The SMILES string of the molecule is CCOc1ccccc1OC1CCN(C(=O)[C@H]2CC(=O)N(C)C2)CC1. The van der Waals surface area contributed by atoms with Gasteiger partial charge in [0, 0.05) is 45.9 Å². The van der Waals surface area contributed by atoms with Crippen molar-refractivity contribution in [3.8, 4) is 11.5 Å². The summed E-state index contributed by atoms with van der Waals surface area (Å²) in [5, 5.41) is 0. The zero-order valence-corrected chi connectivity index (χ0v) is 14.9. The van der Waals surface area contributed by atoms with Crippen LogP contribution in [0, 0.1) is 5.92 Å². The molecule has 3 rings (SSSR count). The van der Waals surface area contributed by atoms with Gasteiger partial charge in [-0.05, 0) is 19.1 Å². The molecule has 0 aliphatic carbocycles. The number of para-hydroxylation sites is 2. The number of hydrogen-bond donors (Lipinski definition) is 0. The lowest BCUT2D eigenvalue weighted by Crippen LogP contribution is -2.44. The van der Waals surface area contributed by atoms with E-state index in [9.17, 15) is 9.59 Å². The van der Waals surface area contributed by atoms with Crippen LogP contribution in [0.25, 0.3) is 0 Å². The van der Waals surface area contributed by atoms with Crippen LogP contribution >= 0.6 is 0 Å². The number of ether oxygens (including phenoxy) is 2. The van der Waals surface area contributed by atoms with Crippen molar-refractivity contribution in [3.05, 3.63) is 24.3 Å². The Hall–Kier alpha value is -2.24. The van der Waals surface area contributed by atoms with Gasteiger partial charge in [-0.15, -0.1) is 0 Å². The molecule has 1 atom stereocenters. The summed E-state index contributed by atoms with van der Waals surface area (Å²) in [6, 6.07) is 7.69. The highest BCUT2D eigenvalue weighted by atomic mass is 16.5. The van der Waals surface area contributed by atoms with E-state index in [1.54, 1.807) is 11.9 Å². The van der Waals surface area contributed by atoms with E-state index in [2.05, 4.69) is 0 Å². The Morgan fingerprint density at radius 2 is 1.88 bits per heavy atom. The summed E-state index contributed by atoms with van der Waals surface area (Å²) in [4.78, 5) is 27.7. The zero-order chi connectivity index (χ0) is 17.8. The van der Waals surface area contributed by atoms with Gasteiger partial charge in [-0.1, -0.05) is 12.1 Å². The second-order valence-electron chi connectivity index (χ2n) is 6.70. The Labute approximate surface area is 148 Å². The summed E-state index contributed by atoms with van der Waals surface area (Å²) < 4.78 is 11.7. The monoisotopic (exact) mass is 346 g/mol. The van der Waals surface area contributed by atoms with E-state index in [0.717, 1.165) is 24.3 Å². The number of benzene rings is 1. The maximum absolute atomic E-state index is 12.6. The molecule has 2 aliphatic rings. The predicted molar refractivity (Wildman–Crippen MR) is 93.6 cm³/mol. The lowest BCUT2D eigenvalue weighted by atomic mass is 10.0. The first-order valence-electron chi connectivity index (χ1n) is 8.99. The second kappa shape index (κ2) is 7.76. The molecular weight excluding hydrogens is 320 g/mol. The molecule has 0 unspecified atom stereocenters. The minimum atomic E-state index is -0.186. The van der Waals surface area contributed by atoms with Gasteiger partial charge >= 0.3 is 0 Å². The molecule has 0 aromatic heterocycles. The molecule has 6 heteroatoms. The highest BCUT2D eigenvalue weighted by Crippen LogP contribution is 2.30.